The molecule has 1 aliphatic rings. The maximum atomic E-state index is 12.5. The monoisotopic (exact) mass is 368 g/mol. The zero-order chi connectivity index (χ0) is 18.8. The Morgan fingerprint density at radius 2 is 1.96 bits per heavy atom. The van der Waals surface area contributed by atoms with Crippen LogP contribution >= 0.6 is 0 Å². The molecule has 0 fully saturated rings. The summed E-state index contributed by atoms with van der Waals surface area (Å²) in [6.45, 7) is 7.81. The Morgan fingerprint density at radius 1 is 1.32 bits per heavy atom. The van der Waals surface area contributed by atoms with E-state index in [1.54, 1.807) is 0 Å². The van der Waals surface area contributed by atoms with E-state index < -0.39 is 27.7 Å². The number of carboxylic acid groups (broad SMARTS) is 1. The van der Waals surface area contributed by atoms with Gasteiger partial charge in [-0.05, 0) is 44.7 Å². The van der Waals surface area contributed by atoms with E-state index in [2.05, 4.69) is 4.72 Å². The number of nitrogens with one attached hydrogen (secondary N) is 1. The minimum Gasteiger partial charge on any atom is -0.465 e. The maximum Gasteiger partial charge on any atom is 0.408 e. The van der Waals surface area contributed by atoms with E-state index in [1.807, 2.05) is 52.0 Å². The van der Waals surface area contributed by atoms with Gasteiger partial charge in [-0.15, -0.1) is 0 Å². The molecule has 1 aliphatic carbocycles. The molecule has 0 bridgehead atoms. The van der Waals surface area contributed by atoms with Gasteiger partial charge in [-0.2, -0.15) is 0 Å². The van der Waals surface area contributed by atoms with Gasteiger partial charge in [-0.1, -0.05) is 31.2 Å². The van der Waals surface area contributed by atoms with Crippen molar-refractivity contribution >= 4 is 16.1 Å². The highest BCUT2D eigenvalue weighted by molar-refractivity contribution is 7.89. The molecule has 1 aromatic rings. The molecule has 0 heterocycles. The second kappa shape index (κ2) is 7.33. The van der Waals surface area contributed by atoms with Crippen molar-refractivity contribution in [3.05, 3.63) is 35.4 Å². The third kappa shape index (κ3) is 4.52. The fraction of sp³-hybridized carbons (Fsp3) is 0.611. The minimum atomic E-state index is -3.48. The van der Waals surface area contributed by atoms with Crippen LogP contribution in [0, 0.1) is 0 Å². The number of fused-ring (bicyclic) bond motifs is 1. The van der Waals surface area contributed by atoms with Crippen LogP contribution in [0.5, 0.6) is 0 Å². The maximum absolute atomic E-state index is 12.5. The molecular weight excluding hydrogens is 340 g/mol. The van der Waals surface area contributed by atoms with Crippen LogP contribution in [0.2, 0.25) is 0 Å². The largest absolute Gasteiger partial charge is 0.465 e. The van der Waals surface area contributed by atoms with E-state index in [1.165, 1.54) is 4.90 Å². The standard InChI is InChI=1S/C18H28N2O4S/c1-5-10-19-25(23,24)12-15-14-9-7-6-8-13(14)11-16(15)20(17(21)22)18(2,3)4/h6-9,15-16,19H,5,10-12H2,1-4H3,(H,21,22)/t15-,16+/m0/s1. The molecule has 1 amide bonds. The number of sulfonamides is 1. The molecule has 0 unspecified atom stereocenters. The first-order valence-corrected chi connectivity index (χ1v) is 10.3. The first-order chi connectivity index (χ1) is 11.6. The molecule has 1 aromatic carbocycles. The van der Waals surface area contributed by atoms with E-state index in [9.17, 15) is 18.3 Å². The van der Waals surface area contributed by atoms with E-state index in [0.717, 1.165) is 11.1 Å². The topological polar surface area (TPSA) is 86.7 Å². The van der Waals surface area contributed by atoms with E-state index in [0.29, 0.717) is 19.4 Å². The van der Waals surface area contributed by atoms with Crippen LogP contribution in [-0.4, -0.2) is 48.4 Å². The van der Waals surface area contributed by atoms with Crippen molar-refractivity contribution in [1.82, 2.24) is 9.62 Å². The smallest absolute Gasteiger partial charge is 0.408 e. The Morgan fingerprint density at radius 3 is 2.52 bits per heavy atom. The first kappa shape index (κ1) is 19.7. The molecule has 25 heavy (non-hydrogen) atoms. The molecule has 0 spiro atoms. The van der Waals surface area contributed by atoms with Gasteiger partial charge in [0.2, 0.25) is 10.0 Å². The summed E-state index contributed by atoms with van der Waals surface area (Å²) in [5.74, 6) is -0.477. The van der Waals surface area contributed by atoms with Crippen LogP contribution in [0.15, 0.2) is 24.3 Å². The fourth-order valence-electron chi connectivity index (χ4n) is 3.61. The number of benzene rings is 1. The Labute approximate surface area is 150 Å². The number of amides is 1. The third-order valence-corrected chi connectivity index (χ3v) is 6.02. The predicted molar refractivity (Wildman–Crippen MR) is 98.4 cm³/mol. The Bertz CT molecular complexity index is 725. The quantitative estimate of drug-likeness (QED) is 0.808. The minimum absolute atomic E-state index is 0.103. The molecule has 7 heteroatoms. The van der Waals surface area contributed by atoms with E-state index in [-0.39, 0.29) is 11.7 Å². The average molecular weight is 368 g/mol. The predicted octanol–water partition coefficient (Wildman–Crippen LogP) is 2.80. The van der Waals surface area contributed by atoms with Gasteiger partial charge in [0.05, 0.1) is 5.75 Å². The second-order valence-corrected chi connectivity index (χ2v) is 9.43. The molecule has 0 radical (unpaired) electrons. The number of rotatable bonds is 6. The molecule has 0 aliphatic heterocycles. The summed E-state index contributed by atoms with van der Waals surface area (Å²) in [5, 5.41) is 9.77. The number of carbonyl (C=O) groups is 1. The molecule has 0 saturated carbocycles. The highest BCUT2D eigenvalue weighted by Gasteiger charge is 2.44. The summed E-state index contributed by atoms with van der Waals surface area (Å²) in [6.07, 6.45) is 0.232. The average Bonchev–Trinajstić information content (AvgIpc) is 2.81. The SMILES string of the molecule is CCCNS(=O)(=O)C[C@H]1c2ccccc2C[C@H]1N(C(=O)O)C(C)(C)C. The summed E-state index contributed by atoms with van der Waals surface area (Å²) < 4.78 is 27.5. The summed E-state index contributed by atoms with van der Waals surface area (Å²) in [5.41, 5.74) is 1.35. The van der Waals surface area contributed by atoms with Crippen LogP contribution in [0.1, 0.15) is 51.2 Å². The molecular formula is C18H28N2O4S. The zero-order valence-corrected chi connectivity index (χ0v) is 16.1. The lowest BCUT2D eigenvalue weighted by molar-refractivity contribution is 0.0665. The highest BCUT2D eigenvalue weighted by atomic mass is 32.2. The van der Waals surface area contributed by atoms with Gasteiger partial charge < -0.3 is 5.11 Å². The van der Waals surface area contributed by atoms with Crippen LogP contribution in [0.4, 0.5) is 4.79 Å². The lowest BCUT2D eigenvalue weighted by Gasteiger charge is -2.40. The van der Waals surface area contributed by atoms with Crippen molar-refractivity contribution in [2.24, 2.45) is 0 Å². The molecule has 6 nitrogen and oxygen atoms in total. The van der Waals surface area contributed by atoms with Crippen LogP contribution in [0.3, 0.4) is 0 Å². The zero-order valence-electron chi connectivity index (χ0n) is 15.3. The molecule has 2 atom stereocenters. The molecule has 0 aromatic heterocycles. The second-order valence-electron chi connectivity index (χ2n) is 7.58. The normalized spacial score (nSPS) is 20.3. The van der Waals surface area contributed by atoms with Gasteiger partial charge in [0.15, 0.2) is 0 Å². The molecule has 2 N–H and O–H groups in total. The lowest BCUT2D eigenvalue weighted by Crippen LogP contribution is -2.53. The van der Waals surface area contributed by atoms with Crippen LogP contribution < -0.4 is 4.72 Å². The van der Waals surface area contributed by atoms with E-state index in [4.69, 9.17) is 0 Å². The molecule has 140 valence electrons. The van der Waals surface area contributed by atoms with Crippen molar-refractivity contribution in [2.45, 2.75) is 58.0 Å². The number of hydrogen-bond acceptors (Lipinski definition) is 3. The summed E-state index contributed by atoms with van der Waals surface area (Å²) >= 11 is 0. The summed E-state index contributed by atoms with van der Waals surface area (Å²) in [6, 6.07) is 7.26. The molecule has 2 rings (SSSR count). The summed E-state index contributed by atoms with van der Waals surface area (Å²) in [4.78, 5) is 13.3. The lowest BCUT2D eigenvalue weighted by atomic mass is 9.95. The van der Waals surface area contributed by atoms with Gasteiger partial charge in [0, 0.05) is 24.0 Å². The number of nitrogens with zero attached hydrogens (tertiary/aromatic N) is 1. The van der Waals surface area contributed by atoms with Gasteiger partial charge in [0.1, 0.15) is 0 Å². The highest BCUT2D eigenvalue weighted by Crippen LogP contribution is 2.39. The fourth-order valence-corrected chi connectivity index (χ4v) is 5.12. The van der Waals surface area contributed by atoms with Crippen LogP contribution in [-0.2, 0) is 16.4 Å². The molecule has 0 saturated heterocycles. The van der Waals surface area contributed by atoms with Crippen molar-refractivity contribution in [3.63, 3.8) is 0 Å². The van der Waals surface area contributed by atoms with Crippen LogP contribution in [0.25, 0.3) is 0 Å². The first-order valence-electron chi connectivity index (χ1n) is 8.64. The van der Waals surface area contributed by atoms with Crippen molar-refractivity contribution in [1.29, 1.82) is 0 Å². The van der Waals surface area contributed by atoms with Crippen molar-refractivity contribution < 1.29 is 18.3 Å². The van der Waals surface area contributed by atoms with Gasteiger partial charge in [-0.3, -0.25) is 4.90 Å². The number of hydrogen-bond donors (Lipinski definition) is 2. The Kier molecular flexibility index (Phi) is 5.79. The Hall–Kier alpha value is -1.60. The third-order valence-electron chi connectivity index (χ3n) is 4.58. The van der Waals surface area contributed by atoms with Gasteiger partial charge in [-0.25, -0.2) is 17.9 Å². The Balaban J connectivity index is 2.41. The van der Waals surface area contributed by atoms with Gasteiger partial charge >= 0.3 is 6.09 Å². The van der Waals surface area contributed by atoms with Crippen molar-refractivity contribution in [2.75, 3.05) is 12.3 Å². The summed E-state index contributed by atoms with van der Waals surface area (Å²) in [7, 11) is -3.48. The van der Waals surface area contributed by atoms with Gasteiger partial charge in [0.25, 0.3) is 0 Å². The van der Waals surface area contributed by atoms with Crippen molar-refractivity contribution in [3.8, 4) is 0 Å². The van der Waals surface area contributed by atoms with E-state index >= 15 is 0 Å².